The first kappa shape index (κ1) is 40.1. The molecular formula is C41H35ClF7N5O3S. The maximum absolute atomic E-state index is 15.4. The second kappa shape index (κ2) is 13.9. The molecule has 2 fully saturated rings. The number of pyridine rings is 1. The minimum absolute atomic E-state index is 0.00789. The predicted octanol–water partition coefficient (Wildman–Crippen LogP) is 8.09. The number of aromatic nitrogens is 5. The zero-order valence-electron chi connectivity index (χ0n) is 31.1. The van der Waals surface area contributed by atoms with E-state index < -0.39 is 92.3 Å². The van der Waals surface area contributed by atoms with Gasteiger partial charge in [0.25, 0.3) is 5.92 Å². The Morgan fingerprint density at radius 2 is 1.79 bits per heavy atom. The predicted molar refractivity (Wildman–Crippen MR) is 204 cm³/mol. The van der Waals surface area contributed by atoms with Crippen molar-refractivity contribution >= 4 is 43.7 Å². The van der Waals surface area contributed by atoms with Crippen LogP contribution in [0.15, 0.2) is 42.5 Å². The summed E-state index contributed by atoms with van der Waals surface area (Å²) in [5.41, 5.74) is -2.02. The number of ketones is 1. The monoisotopic (exact) mass is 845 g/mol. The molecule has 2 aromatic carbocycles. The number of nitrogens with zero attached hydrogens (tertiary/aromatic N) is 5. The molecule has 0 spiro atoms. The van der Waals surface area contributed by atoms with Crippen molar-refractivity contribution in [3.63, 3.8) is 0 Å². The summed E-state index contributed by atoms with van der Waals surface area (Å²) >= 11 is 6.71. The summed E-state index contributed by atoms with van der Waals surface area (Å²) in [6, 6.07) is 9.30. The van der Waals surface area contributed by atoms with E-state index in [2.05, 4.69) is 27.9 Å². The minimum atomic E-state index is -5.04. The van der Waals surface area contributed by atoms with Gasteiger partial charge in [0.15, 0.2) is 11.5 Å². The van der Waals surface area contributed by atoms with Gasteiger partial charge in [-0.25, -0.2) is 13.8 Å². The van der Waals surface area contributed by atoms with Crippen LogP contribution in [0.1, 0.15) is 83.5 Å². The van der Waals surface area contributed by atoms with E-state index in [1.165, 1.54) is 10.9 Å². The standard InChI is InChI=1S/C41H35ClF7N5O3S/c1-53-36-28(7-8-31(42)34(36)32(51-53)20-58(2,3)57)27-6-5-25(9-12-39(56)10-4-11-39)50-35(27)22(13-21-14-23(43)17-24(44)15-21)16-26(55)19-54-38-33(37(52-54)41(47,48)49)29-18-30(29)40(38,45)46/h5-8,14-15,17,22,29-30,56H,2,4,10-11,13,16,18-20H2,1,3H3/t22-,29+,30-,58?/m1/s1. The number of alkyl halides is 5. The number of fused-ring (bicyclic) bond motifs is 4. The number of aryl methyl sites for hydroxylation is 1. The van der Waals surface area contributed by atoms with Crippen molar-refractivity contribution in [1.82, 2.24) is 24.5 Å². The molecule has 8 nitrogen and oxygen atoms in total. The van der Waals surface area contributed by atoms with Gasteiger partial charge in [0.05, 0.1) is 27.7 Å². The van der Waals surface area contributed by atoms with Crippen LogP contribution in [0.25, 0.3) is 22.0 Å². The summed E-state index contributed by atoms with van der Waals surface area (Å²) < 4.78 is 117. The number of benzene rings is 2. The maximum atomic E-state index is 15.4. The Morgan fingerprint density at radius 3 is 2.43 bits per heavy atom. The van der Waals surface area contributed by atoms with E-state index in [1.807, 2.05) is 0 Å². The van der Waals surface area contributed by atoms with Crippen LogP contribution in [0, 0.1) is 29.4 Å². The highest BCUT2D eigenvalue weighted by molar-refractivity contribution is 7.98. The van der Waals surface area contributed by atoms with Crippen LogP contribution in [0.2, 0.25) is 5.02 Å². The molecule has 3 aliphatic rings. The molecule has 3 aromatic heterocycles. The summed E-state index contributed by atoms with van der Waals surface area (Å²) in [6.45, 7) is -0.944. The SMILES string of the molecule is C=S(C)(=O)Cc1nn(C)c2c(-c3ccc(C#CC4(O)CCC4)nc3[C@@H](CC(=O)Cn3nc(C(F)(F)F)c4c3C(F)(F)[C@@H]3C[C@H]43)Cc3cc(F)cc(F)c3)ccc(Cl)c12. The summed E-state index contributed by atoms with van der Waals surface area (Å²) in [7, 11) is -0.945. The second-order valence-corrected chi connectivity index (χ2v) is 18.8. The van der Waals surface area contributed by atoms with Crippen LogP contribution in [-0.4, -0.2) is 57.4 Å². The lowest BCUT2D eigenvalue weighted by Crippen LogP contribution is -2.34. The number of rotatable bonds is 10. The molecule has 0 saturated heterocycles. The van der Waals surface area contributed by atoms with E-state index >= 15 is 8.78 Å². The van der Waals surface area contributed by atoms with Gasteiger partial charge in [-0.2, -0.15) is 32.1 Å². The molecule has 0 aliphatic heterocycles. The first-order chi connectivity index (χ1) is 27.1. The number of hydrogen-bond donors (Lipinski definition) is 1. The highest BCUT2D eigenvalue weighted by atomic mass is 35.5. The number of halogens is 8. The fraction of sp³-hybridized carbons (Fsp3) is 0.390. The Kier molecular flexibility index (Phi) is 9.64. The fourth-order valence-corrected chi connectivity index (χ4v) is 9.39. The third-order valence-corrected chi connectivity index (χ3v) is 12.3. The highest BCUT2D eigenvalue weighted by Gasteiger charge is 2.68. The van der Waals surface area contributed by atoms with Gasteiger partial charge in [0.2, 0.25) is 0 Å². The Hall–Kier alpha value is -4.72. The van der Waals surface area contributed by atoms with Crippen molar-refractivity contribution in [2.75, 3.05) is 6.26 Å². The van der Waals surface area contributed by atoms with Gasteiger partial charge in [-0.1, -0.05) is 23.6 Å². The largest absolute Gasteiger partial charge is 0.435 e. The summed E-state index contributed by atoms with van der Waals surface area (Å²) in [5.74, 6) is -0.202. The number of aliphatic hydroxyl groups is 1. The molecule has 4 atom stereocenters. The average molecular weight is 846 g/mol. The molecule has 3 heterocycles. The number of carbonyl (C=O) groups excluding carboxylic acids is 1. The van der Waals surface area contributed by atoms with Gasteiger partial charge in [0.1, 0.15) is 35.2 Å². The van der Waals surface area contributed by atoms with Crippen LogP contribution in [0.5, 0.6) is 0 Å². The molecule has 2 saturated carbocycles. The van der Waals surface area contributed by atoms with Crippen LogP contribution in [0.4, 0.5) is 30.7 Å². The van der Waals surface area contributed by atoms with Crippen molar-refractivity contribution < 1.29 is 44.8 Å². The Morgan fingerprint density at radius 1 is 1.10 bits per heavy atom. The minimum Gasteiger partial charge on any atom is -0.378 e. The summed E-state index contributed by atoms with van der Waals surface area (Å²) in [5, 5.41) is 19.6. The number of carbonyl (C=O) groups is 1. The topological polar surface area (TPSA) is 103 Å². The Balaban J connectivity index is 1.27. The van der Waals surface area contributed by atoms with E-state index in [9.17, 15) is 36.1 Å². The normalized spacial score (nSPS) is 20.4. The quantitative estimate of drug-likeness (QED) is 0.0867. The van der Waals surface area contributed by atoms with Gasteiger partial charge in [-0.15, -0.1) is 0 Å². The van der Waals surface area contributed by atoms with E-state index in [4.69, 9.17) is 16.6 Å². The van der Waals surface area contributed by atoms with Crippen LogP contribution in [0.3, 0.4) is 0 Å². The lowest BCUT2D eigenvalue weighted by molar-refractivity contribution is -0.142. The molecule has 1 unspecified atom stereocenters. The lowest BCUT2D eigenvalue weighted by Gasteiger charge is -2.30. The fourth-order valence-electron chi connectivity index (χ4n) is 8.34. The highest BCUT2D eigenvalue weighted by Crippen LogP contribution is 2.68. The van der Waals surface area contributed by atoms with Crippen molar-refractivity contribution in [3.8, 4) is 23.0 Å². The van der Waals surface area contributed by atoms with Gasteiger partial charge in [0, 0.05) is 59.7 Å². The molecule has 304 valence electrons. The van der Waals surface area contributed by atoms with Crippen molar-refractivity contribution in [2.24, 2.45) is 13.0 Å². The first-order valence-corrected chi connectivity index (χ1v) is 21.0. The average Bonchev–Trinajstić information content (AvgIpc) is 3.64. The zero-order chi connectivity index (χ0) is 41.7. The Bertz CT molecular complexity index is 2690. The molecule has 5 aromatic rings. The maximum Gasteiger partial charge on any atom is 0.435 e. The second-order valence-electron chi connectivity index (χ2n) is 15.7. The van der Waals surface area contributed by atoms with Crippen LogP contribution >= 0.6 is 11.6 Å². The van der Waals surface area contributed by atoms with Gasteiger partial charge in [-0.05, 0) is 95.2 Å². The Labute approximate surface area is 333 Å². The molecule has 0 radical (unpaired) electrons. The first-order valence-electron chi connectivity index (χ1n) is 18.4. The molecular weight excluding hydrogens is 811 g/mol. The smallest absolute Gasteiger partial charge is 0.378 e. The van der Waals surface area contributed by atoms with Gasteiger partial charge < -0.3 is 5.11 Å². The number of hydrogen-bond acceptors (Lipinski definition) is 6. The third kappa shape index (κ3) is 7.41. The molecule has 58 heavy (non-hydrogen) atoms. The van der Waals surface area contributed by atoms with E-state index in [1.54, 1.807) is 31.3 Å². The third-order valence-electron chi connectivity index (χ3n) is 11.1. The van der Waals surface area contributed by atoms with Crippen molar-refractivity contribution in [3.05, 3.63) is 98.7 Å². The number of Topliss-reactive ketones (excluding diaryl/α,β-unsaturated/α-hetero) is 1. The van der Waals surface area contributed by atoms with E-state index in [0.717, 1.165) is 18.6 Å². The molecule has 8 rings (SSSR count). The van der Waals surface area contributed by atoms with Crippen LogP contribution < -0.4 is 0 Å². The van der Waals surface area contributed by atoms with Crippen molar-refractivity contribution in [1.29, 1.82) is 0 Å². The molecule has 0 bridgehead atoms. The van der Waals surface area contributed by atoms with Gasteiger partial charge >= 0.3 is 6.18 Å². The van der Waals surface area contributed by atoms with Crippen molar-refractivity contribution in [2.45, 2.75) is 80.4 Å². The van der Waals surface area contributed by atoms with Crippen LogP contribution in [-0.2, 0) is 52.2 Å². The van der Waals surface area contributed by atoms with E-state index in [0.29, 0.717) is 51.3 Å². The van der Waals surface area contributed by atoms with Gasteiger partial charge in [-0.3, -0.25) is 18.4 Å². The summed E-state index contributed by atoms with van der Waals surface area (Å²) in [4.78, 5) is 18.9. The molecule has 1 N–H and O–H groups in total. The zero-order valence-corrected chi connectivity index (χ0v) is 32.6. The molecule has 3 aliphatic carbocycles. The molecule has 0 amide bonds. The lowest BCUT2D eigenvalue weighted by atomic mass is 9.81. The summed E-state index contributed by atoms with van der Waals surface area (Å²) in [6.07, 6.45) is -2.79. The van der Waals surface area contributed by atoms with E-state index in [-0.39, 0.29) is 40.6 Å². The molecule has 17 heteroatoms.